The predicted molar refractivity (Wildman–Crippen MR) is 72.2 cm³/mol. The summed E-state index contributed by atoms with van der Waals surface area (Å²) in [7, 11) is 0. The Morgan fingerprint density at radius 1 is 1.35 bits per heavy atom. The molecular formula is C14H11N3O3. The number of rotatable bonds is 3. The van der Waals surface area contributed by atoms with E-state index < -0.39 is 5.76 Å². The minimum atomic E-state index is -0.534. The minimum Gasteiger partial charge on any atom is -0.408 e. The number of aromatic amines is 1. The SMILES string of the molecule is O=C(NCc1cccnc1)c1ccc2[nH]c(=O)oc2c1. The molecule has 1 amide bonds. The van der Waals surface area contributed by atoms with E-state index in [1.807, 2.05) is 12.1 Å². The van der Waals surface area contributed by atoms with E-state index in [9.17, 15) is 9.59 Å². The lowest BCUT2D eigenvalue weighted by Crippen LogP contribution is -2.22. The number of fused-ring (bicyclic) bond motifs is 1. The largest absolute Gasteiger partial charge is 0.417 e. The number of amides is 1. The third-order valence-corrected chi connectivity index (χ3v) is 2.86. The van der Waals surface area contributed by atoms with Gasteiger partial charge in [0.25, 0.3) is 5.91 Å². The van der Waals surface area contributed by atoms with Crippen LogP contribution < -0.4 is 11.1 Å². The zero-order valence-corrected chi connectivity index (χ0v) is 10.4. The van der Waals surface area contributed by atoms with Crippen LogP contribution in [0.3, 0.4) is 0 Å². The number of H-pyrrole nitrogens is 1. The highest BCUT2D eigenvalue weighted by Crippen LogP contribution is 2.12. The summed E-state index contributed by atoms with van der Waals surface area (Å²) in [4.78, 5) is 29.6. The Labute approximate surface area is 113 Å². The van der Waals surface area contributed by atoms with Gasteiger partial charge in [-0.3, -0.25) is 14.8 Å². The second-order valence-corrected chi connectivity index (χ2v) is 4.27. The molecule has 0 saturated carbocycles. The number of aromatic nitrogens is 2. The van der Waals surface area contributed by atoms with Gasteiger partial charge in [0.05, 0.1) is 5.52 Å². The molecule has 3 rings (SSSR count). The average Bonchev–Trinajstić information content (AvgIpc) is 2.85. The fourth-order valence-corrected chi connectivity index (χ4v) is 1.87. The molecule has 0 aliphatic rings. The lowest BCUT2D eigenvalue weighted by Gasteiger charge is -2.04. The predicted octanol–water partition coefficient (Wildman–Crippen LogP) is 1.45. The molecule has 0 radical (unpaired) electrons. The van der Waals surface area contributed by atoms with Crippen molar-refractivity contribution in [3.05, 3.63) is 64.4 Å². The Morgan fingerprint density at radius 3 is 3.05 bits per heavy atom. The highest BCUT2D eigenvalue weighted by molar-refractivity contribution is 5.96. The van der Waals surface area contributed by atoms with Gasteiger partial charge in [-0.25, -0.2) is 4.79 Å². The molecule has 20 heavy (non-hydrogen) atoms. The number of hydrogen-bond donors (Lipinski definition) is 2. The van der Waals surface area contributed by atoms with Gasteiger partial charge < -0.3 is 9.73 Å². The fourth-order valence-electron chi connectivity index (χ4n) is 1.87. The fraction of sp³-hybridized carbons (Fsp3) is 0.0714. The average molecular weight is 269 g/mol. The van der Waals surface area contributed by atoms with Gasteiger partial charge in [0.2, 0.25) is 0 Å². The van der Waals surface area contributed by atoms with Crippen LogP contribution in [0.4, 0.5) is 0 Å². The first-order chi connectivity index (χ1) is 9.72. The van der Waals surface area contributed by atoms with Crippen LogP contribution in [0.2, 0.25) is 0 Å². The van der Waals surface area contributed by atoms with E-state index in [1.54, 1.807) is 24.5 Å². The van der Waals surface area contributed by atoms with Crippen LogP contribution in [0.25, 0.3) is 11.1 Å². The van der Waals surface area contributed by atoms with Crippen molar-refractivity contribution in [1.29, 1.82) is 0 Å². The van der Waals surface area contributed by atoms with Gasteiger partial charge in [-0.2, -0.15) is 0 Å². The molecule has 3 aromatic rings. The third-order valence-electron chi connectivity index (χ3n) is 2.86. The first-order valence-electron chi connectivity index (χ1n) is 6.02. The Kier molecular flexibility index (Phi) is 3.04. The summed E-state index contributed by atoms with van der Waals surface area (Å²) >= 11 is 0. The van der Waals surface area contributed by atoms with Gasteiger partial charge in [0, 0.05) is 24.5 Å². The number of oxazole rings is 1. The van der Waals surface area contributed by atoms with E-state index in [1.165, 1.54) is 6.07 Å². The Morgan fingerprint density at radius 2 is 2.25 bits per heavy atom. The quantitative estimate of drug-likeness (QED) is 0.753. The first-order valence-corrected chi connectivity index (χ1v) is 6.02. The van der Waals surface area contributed by atoms with Crippen molar-refractivity contribution >= 4 is 17.0 Å². The second-order valence-electron chi connectivity index (χ2n) is 4.27. The Balaban J connectivity index is 1.76. The van der Waals surface area contributed by atoms with Crippen LogP contribution in [0, 0.1) is 0 Å². The molecule has 6 heteroatoms. The van der Waals surface area contributed by atoms with Crippen molar-refractivity contribution in [2.24, 2.45) is 0 Å². The number of carbonyl (C=O) groups excluding carboxylic acids is 1. The molecule has 2 N–H and O–H groups in total. The van der Waals surface area contributed by atoms with Crippen LogP contribution in [-0.2, 0) is 6.54 Å². The molecule has 0 spiro atoms. The normalized spacial score (nSPS) is 10.6. The first kappa shape index (κ1) is 12.2. The lowest BCUT2D eigenvalue weighted by molar-refractivity contribution is 0.0951. The van der Waals surface area contributed by atoms with Crippen molar-refractivity contribution in [1.82, 2.24) is 15.3 Å². The Bertz CT molecular complexity index is 805. The molecule has 6 nitrogen and oxygen atoms in total. The standard InChI is InChI=1S/C14H11N3O3/c18-13(16-8-9-2-1-5-15-7-9)10-3-4-11-12(6-10)20-14(19)17-11/h1-7H,8H2,(H,16,18)(H,17,19). The van der Waals surface area contributed by atoms with Crippen molar-refractivity contribution in [3.8, 4) is 0 Å². The van der Waals surface area contributed by atoms with Gasteiger partial charge in [-0.05, 0) is 29.8 Å². The smallest absolute Gasteiger partial charge is 0.408 e. The van der Waals surface area contributed by atoms with E-state index in [-0.39, 0.29) is 5.91 Å². The summed E-state index contributed by atoms with van der Waals surface area (Å²) in [5.74, 6) is -0.771. The van der Waals surface area contributed by atoms with Gasteiger partial charge in [0.15, 0.2) is 5.58 Å². The molecule has 0 atom stereocenters. The van der Waals surface area contributed by atoms with Crippen LogP contribution in [0.1, 0.15) is 15.9 Å². The van der Waals surface area contributed by atoms with Gasteiger partial charge in [-0.15, -0.1) is 0 Å². The van der Waals surface area contributed by atoms with Crippen LogP contribution in [0.5, 0.6) is 0 Å². The summed E-state index contributed by atoms with van der Waals surface area (Å²) < 4.78 is 4.92. The number of benzene rings is 1. The number of hydrogen-bond acceptors (Lipinski definition) is 4. The second kappa shape index (κ2) is 5.00. The molecule has 0 aliphatic heterocycles. The summed E-state index contributed by atoms with van der Waals surface area (Å²) in [6.45, 7) is 0.391. The van der Waals surface area contributed by atoms with Gasteiger partial charge >= 0.3 is 5.76 Å². The van der Waals surface area contributed by atoms with Gasteiger partial charge in [0.1, 0.15) is 0 Å². The van der Waals surface area contributed by atoms with Crippen molar-refractivity contribution in [3.63, 3.8) is 0 Å². The van der Waals surface area contributed by atoms with E-state index in [2.05, 4.69) is 15.3 Å². The third kappa shape index (κ3) is 2.44. The molecule has 1 aromatic carbocycles. The summed E-state index contributed by atoms with van der Waals surface area (Å²) in [6.07, 6.45) is 3.36. The van der Waals surface area contributed by atoms with Crippen LogP contribution >= 0.6 is 0 Å². The highest BCUT2D eigenvalue weighted by atomic mass is 16.4. The zero-order valence-electron chi connectivity index (χ0n) is 10.4. The molecule has 2 heterocycles. The monoisotopic (exact) mass is 269 g/mol. The molecule has 2 aromatic heterocycles. The number of carbonyl (C=O) groups is 1. The van der Waals surface area contributed by atoms with Gasteiger partial charge in [-0.1, -0.05) is 6.07 Å². The maximum absolute atomic E-state index is 12.0. The van der Waals surface area contributed by atoms with E-state index >= 15 is 0 Å². The molecule has 100 valence electrons. The number of nitrogens with one attached hydrogen (secondary N) is 2. The molecule has 0 fully saturated rings. The summed E-state index contributed by atoms with van der Waals surface area (Å²) in [5.41, 5.74) is 2.28. The Hall–Kier alpha value is -2.89. The van der Waals surface area contributed by atoms with E-state index in [0.29, 0.717) is 23.2 Å². The molecule has 0 unspecified atom stereocenters. The molecule has 0 bridgehead atoms. The topological polar surface area (TPSA) is 88.0 Å². The molecule has 0 aliphatic carbocycles. The van der Waals surface area contributed by atoms with Crippen molar-refractivity contribution in [2.45, 2.75) is 6.54 Å². The highest BCUT2D eigenvalue weighted by Gasteiger charge is 2.08. The van der Waals surface area contributed by atoms with Crippen LogP contribution in [-0.4, -0.2) is 15.9 Å². The lowest BCUT2D eigenvalue weighted by atomic mass is 10.2. The minimum absolute atomic E-state index is 0.236. The zero-order chi connectivity index (χ0) is 13.9. The number of pyridine rings is 1. The number of nitrogens with zero attached hydrogens (tertiary/aromatic N) is 1. The maximum Gasteiger partial charge on any atom is 0.417 e. The van der Waals surface area contributed by atoms with Crippen LogP contribution in [0.15, 0.2) is 51.9 Å². The molecule has 0 saturated heterocycles. The van der Waals surface area contributed by atoms with Crippen molar-refractivity contribution < 1.29 is 9.21 Å². The molecular weight excluding hydrogens is 258 g/mol. The van der Waals surface area contributed by atoms with E-state index in [4.69, 9.17) is 4.42 Å². The van der Waals surface area contributed by atoms with Crippen molar-refractivity contribution in [2.75, 3.05) is 0 Å². The summed E-state index contributed by atoms with van der Waals surface area (Å²) in [5, 5.41) is 2.78. The van der Waals surface area contributed by atoms with E-state index in [0.717, 1.165) is 5.56 Å². The summed E-state index contributed by atoms with van der Waals surface area (Å²) in [6, 6.07) is 8.49. The maximum atomic E-state index is 12.0.